The highest BCUT2D eigenvalue weighted by molar-refractivity contribution is 14.1. The Morgan fingerprint density at radius 1 is 0.846 bits per heavy atom. The zero-order valence-corrected chi connectivity index (χ0v) is 18.6. The Bertz CT molecular complexity index is 823. The summed E-state index contributed by atoms with van der Waals surface area (Å²) in [5.74, 6) is 0.224. The van der Waals surface area contributed by atoms with Gasteiger partial charge in [-0.2, -0.15) is 0 Å². The van der Waals surface area contributed by atoms with Crippen LogP contribution in [0.5, 0.6) is 5.75 Å². The summed E-state index contributed by atoms with van der Waals surface area (Å²) in [4.78, 5) is 15.7. The maximum Gasteiger partial charge on any atom is 0.338 e. The van der Waals surface area contributed by atoms with E-state index in [1.54, 1.807) is 6.92 Å². The number of hydrogen-bond donors (Lipinski definition) is 0. The third-order valence-electron chi connectivity index (χ3n) is 3.59. The molecule has 3 aromatic rings. The number of rotatable bonds is 5. The van der Waals surface area contributed by atoms with Crippen molar-refractivity contribution in [3.8, 4) is 5.75 Å². The molecule has 0 saturated carbocycles. The van der Waals surface area contributed by atoms with Crippen LogP contribution in [0.4, 0.5) is 0 Å². The van der Waals surface area contributed by atoms with Gasteiger partial charge in [-0.3, -0.25) is 0 Å². The molecule has 0 aliphatic heterocycles. The standard InChI is InChI=1S/C21H17BrIO2S/c1-21(22,23)20(24)25-16-12-14-19(15-13-16)26(17-8-4-2-5-9-17)18-10-6-3-7-11-18/h2-15H,1H3/q+1. The lowest BCUT2D eigenvalue weighted by Gasteiger charge is -2.13. The maximum absolute atomic E-state index is 12.0. The topological polar surface area (TPSA) is 26.3 Å². The summed E-state index contributed by atoms with van der Waals surface area (Å²) < 4.78 is 4.70. The van der Waals surface area contributed by atoms with Gasteiger partial charge >= 0.3 is 5.97 Å². The summed E-state index contributed by atoms with van der Waals surface area (Å²) >= 11 is 5.32. The molecule has 0 bridgehead atoms. The number of esters is 1. The number of alkyl halides is 2. The quantitative estimate of drug-likeness (QED) is 0.126. The SMILES string of the molecule is CC(Br)(I)C(=O)Oc1ccc([S+](c2ccccc2)c2ccccc2)cc1. The minimum Gasteiger partial charge on any atom is -0.425 e. The zero-order chi connectivity index (χ0) is 18.6. The largest absolute Gasteiger partial charge is 0.425 e. The summed E-state index contributed by atoms with van der Waals surface area (Å²) in [6.07, 6.45) is 0. The molecule has 5 heteroatoms. The Kier molecular flexibility index (Phi) is 6.42. The lowest BCUT2D eigenvalue weighted by atomic mass is 10.3. The van der Waals surface area contributed by atoms with Crippen molar-refractivity contribution in [1.82, 2.24) is 0 Å². The van der Waals surface area contributed by atoms with Gasteiger partial charge in [-0.05, 0) is 55.5 Å². The van der Waals surface area contributed by atoms with E-state index in [9.17, 15) is 4.79 Å². The molecule has 0 heterocycles. The van der Waals surface area contributed by atoms with Gasteiger partial charge in [-0.1, -0.05) is 74.9 Å². The second-order valence-electron chi connectivity index (χ2n) is 5.68. The Labute approximate surface area is 178 Å². The molecule has 0 aromatic heterocycles. The Morgan fingerprint density at radius 3 is 1.69 bits per heavy atom. The number of hydrogen-bond acceptors (Lipinski definition) is 2. The molecule has 0 fully saturated rings. The van der Waals surface area contributed by atoms with Crippen LogP contribution in [0.25, 0.3) is 0 Å². The van der Waals surface area contributed by atoms with E-state index in [-0.39, 0.29) is 16.9 Å². The number of halogens is 2. The van der Waals surface area contributed by atoms with Crippen molar-refractivity contribution in [2.45, 2.75) is 23.9 Å². The maximum atomic E-state index is 12.0. The molecule has 2 nitrogen and oxygen atoms in total. The van der Waals surface area contributed by atoms with Gasteiger partial charge in [0.05, 0.1) is 10.9 Å². The summed E-state index contributed by atoms with van der Waals surface area (Å²) in [5, 5.41) is 0. The van der Waals surface area contributed by atoms with Crippen LogP contribution in [0.3, 0.4) is 0 Å². The summed E-state index contributed by atoms with van der Waals surface area (Å²) in [6, 6.07) is 28.7. The first kappa shape index (κ1) is 19.5. The van der Waals surface area contributed by atoms with E-state index in [1.807, 2.05) is 59.0 Å². The van der Waals surface area contributed by atoms with Crippen LogP contribution >= 0.6 is 38.5 Å². The average molecular weight is 540 g/mol. The number of carbonyl (C=O) groups excluding carboxylic acids is 1. The van der Waals surface area contributed by atoms with Gasteiger partial charge in [0, 0.05) is 0 Å². The van der Waals surface area contributed by atoms with Crippen LogP contribution in [-0.2, 0) is 15.7 Å². The molecule has 0 N–H and O–H groups in total. The molecular formula is C21H17BrIO2S+. The number of ether oxygens (including phenoxy) is 1. The fraction of sp³-hybridized carbons (Fsp3) is 0.0952. The minimum absolute atomic E-state index is 0.204. The van der Waals surface area contributed by atoms with Gasteiger partial charge < -0.3 is 4.74 Å². The van der Waals surface area contributed by atoms with Crippen molar-refractivity contribution < 1.29 is 9.53 Å². The van der Waals surface area contributed by atoms with E-state index in [0.29, 0.717) is 5.75 Å². The lowest BCUT2D eigenvalue weighted by Crippen LogP contribution is -2.25. The first-order chi connectivity index (χ1) is 12.4. The molecule has 3 aromatic carbocycles. The van der Waals surface area contributed by atoms with Crippen LogP contribution < -0.4 is 4.74 Å². The highest BCUT2D eigenvalue weighted by Crippen LogP contribution is 2.33. The van der Waals surface area contributed by atoms with Crippen molar-refractivity contribution >= 4 is 55.4 Å². The lowest BCUT2D eigenvalue weighted by molar-refractivity contribution is -0.133. The van der Waals surface area contributed by atoms with E-state index < -0.39 is 2.33 Å². The van der Waals surface area contributed by atoms with Crippen molar-refractivity contribution in [3.05, 3.63) is 84.9 Å². The van der Waals surface area contributed by atoms with Gasteiger partial charge in [-0.25, -0.2) is 4.79 Å². The van der Waals surface area contributed by atoms with E-state index in [2.05, 4.69) is 64.5 Å². The molecule has 3 rings (SSSR count). The number of benzene rings is 3. The number of carbonyl (C=O) groups is 1. The average Bonchev–Trinajstić information content (AvgIpc) is 2.64. The molecule has 0 aliphatic carbocycles. The van der Waals surface area contributed by atoms with Crippen LogP contribution in [0.15, 0.2) is 99.6 Å². The second kappa shape index (κ2) is 8.59. The first-order valence-corrected chi connectivity index (χ1v) is 11.1. The minimum atomic E-state index is -0.734. The Morgan fingerprint density at radius 2 is 1.27 bits per heavy atom. The second-order valence-corrected chi connectivity index (χ2v) is 12.9. The van der Waals surface area contributed by atoms with Crippen LogP contribution in [-0.4, -0.2) is 8.30 Å². The zero-order valence-electron chi connectivity index (χ0n) is 14.1. The van der Waals surface area contributed by atoms with E-state index in [1.165, 1.54) is 14.7 Å². The van der Waals surface area contributed by atoms with Crippen LogP contribution in [0, 0.1) is 0 Å². The molecule has 0 saturated heterocycles. The third kappa shape index (κ3) is 4.90. The van der Waals surface area contributed by atoms with Crippen LogP contribution in [0.2, 0.25) is 0 Å². The van der Waals surface area contributed by atoms with Gasteiger partial charge in [0.2, 0.25) is 0 Å². The molecule has 0 spiro atoms. The van der Waals surface area contributed by atoms with Crippen molar-refractivity contribution in [2.75, 3.05) is 0 Å². The first-order valence-electron chi connectivity index (χ1n) is 8.00. The van der Waals surface area contributed by atoms with Gasteiger partial charge in [-0.15, -0.1) is 0 Å². The molecule has 1 unspecified atom stereocenters. The molecule has 132 valence electrons. The predicted molar refractivity (Wildman–Crippen MR) is 118 cm³/mol. The van der Waals surface area contributed by atoms with Gasteiger partial charge in [0.1, 0.15) is 5.75 Å². The monoisotopic (exact) mass is 539 g/mol. The van der Waals surface area contributed by atoms with Crippen molar-refractivity contribution in [2.24, 2.45) is 0 Å². The van der Waals surface area contributed by atoms with Crippen molar-refractivity contribution in [1.29, 1.82) is 0 Å². The highest BCUT2D eigenvalue weighted by Gasteiger charge is 2.30. The van der Waals surface area contributed by atoms with E-state index in [0.717, 1.165) is 0 Å². The summed E-state index contributed by atoms with van der Waals surface area (Å²) in [5.41, 5.74) is 0. The van der Waals surface area contributed by atoms with E-state index >= 15 is 0 Å². The van der Waals surface area contributed by atoms with Gasteiger partial charge in [0.25, 0.3) is 0 Å². The predicted octanol–water partition coefficient (Wildman–Crippen LogP) is 6.23. The molecule has 0 aliphatic rings. The smallest absolute Gasteiger partial charge is 0.338 e. The summed E-state index contributed by atoms with van der Waals surface area (Å²) in [7, 11) is -0.204. The Balaban J connectivity index is 1.92. The molecule has 0 amide bonds. The van der Waals surface area contributed by atoms with E-state index in [4.69, 9.17) is 4.74 Å². The molecule has 1 atom stereocenters. The normalized spacial score (nSPS) is 13.2. The van der Waals surface area contributed by atoms with Crippen molar-refractivity contribution in [3.63, 3.8) is 0 Å². The van der Waals surface area contributed by atoms with Crippen LogP contribution in [0.1, 0.15) is 6.92 Å². The Hall–Kier alpha value is -1.31. The third-order valence-corrected chi connectivity index (χ3v) is 6.58. The highest BCUT2D eigenvalue weighted by atomic mass is 127. The van der Waals surface area contributed by atoms with Gasteiger partial charge in [0.15, 0.2) is 17.0 Å². The molecular weight excluding hydrogens is 523 g/mol. The molecule has 0 radical (unpaired) electrons. The fourth-order valence-corrected chi connectivity index (χ4v) is 4.64. The fourth-order valence-electron chi connectivity index (χ4n) is 2.36. The molecule has 26 heavy (non-hydrogen) atoms. The summed E-state index contributed by atoms with van der Waals surface area (Å²) in [6.45, 7) is 1.76.